The molecule has 1 amide bonds. The third kappa shape index (κ3) is 3.64. The fraction of sp³-hybridized carbons (Fsp3) is 0.625. The van der Waals surface area contributed by atoms with Gasteiger partial charge in [-0.2, -0.15) is 5.10 Å². The molecule has 0 unspecified atom stereocenters. The fourth-order valence-electron chi connectivity index (χ4n) is 2.65. The molecule has 1 aliphatic rings. The number of nitrogens with one attached hydrogen (secondary N) is 1. The minimum absolute atomic E-state index is 0.160. The van der Waals surface area contributed by atoms with Gasteiger partial charge in [-0.15, -0.1) is 0 Å². The highest BCUT2D eigenvalue weighted by Crippen LogP contribution is 2.23. The molecule has 1 atom stereocenters. The third-order valence-electron chi connectivity index (χ3n) is 3.80. The van der Waals surface area contributed by atoms with Gasteiger partial charge in [-0.25, -0.2) is 14.6 Å². The van der Waals surface area contributed by atoms with Crippen LogP contribution in [0.3, 0.4) is 0 Å². The Bertz CT molecular complexity index is 728. The smallest absolute Gasteiger partial charge is 0.289 e. The predicted octanol–water partition coefficient (Wildman–Crippen LogP) is 2.15. The summed E-state index contributed by atoms with van der Waals surface area (Å²) in [5.74, 6) is 1.12. The number of fused-ring (bicyclic) bond motifs is 1. The first kappa shape index (κ1) is 16.6. The number of carbonyl (C=O) groups excluding carboxylic acids is 1. The van der Waals surface area contributed by atoms with Crippen LogP contribution in [0.1, 0.15) is 67.6 Å². The van der Waals surface area contributed by atoms with E-state index in [-0.39, 0.29) is 29.9 Å². The molecule has 0 saturated heterocycles. The lowest BCUT2D eigenvalue weighted by Gasteiger charge is -2.22. The zero-order chi connectivity index (χ0) is 17.3. The second-order valence-electron chi connectivity index (χ2n) is 6.93. The van der Waals surface area contributed by atoms with Crippen LogP contribution >= 0.6 is 0 Å². The van der Waals surface area contributed by atoms with Gasteiger partial charge in [0.15, 0.2) is 0 Å². The summed E-state index contributed by atoms with van der Waals surface area (Å²) in [7, 11) is 0. The number of carbonyl (C=O) groups is 1. The van der Waals surface area contributed by atoms with Gasteiger partial charge in [0.2, 0.25) is 11.7 Å². The zero-order valence-electron chi connectivity index (χ0n) is 14.5. The molecule has 8 heteroatoms. The van der Waals surface area contributed by atoms with Crippen LogP contribution in [0.2, 0.25) is 0 Å². The van der Waals surface area contributed by atoms with E-state index in [0.717, 1.165) is 25.2 Å². The first-order valence-corrected chi connectivity index (χ1v) is 8.12. The Morgan fingerprint density at radius 1 is 1.50 bits per heavy atom. The highest BCUT2D eigenvalue weighted by molar-refractivity contribution is 5.92. The van der Waals surface area contributed by atoms with Crippen LogP contribution in [0, 0.1) is 6.92 Å². The molecule has 3 rings (SSSR count). The number of hydrogen-bond acceptors (Lipinski definition) is 6. The molecule has 0 aromatic carbocycles. The summed E-state index contributed by atoms with van der Waals surface area (Å²) in [4.78, 5) is 21.1. The lowest BCUT2D eigenvalue weighted by molar-refractivity contribution is -0.0245. The summed E-state index contributed by atoms with van der Waals surface area (Å²) in [6.45, 7) is 8.68. The average Bonchev–Trinajstić information content (AvgIpc) is 3.11. The quantitative estimate of drug-likeness (QED) is 0.921. The van der Waals surface area contributed by atoms with Gasteiger partial charge in [0.1, 0.15) is 18.8 Å². The molecule has 0 saturated carbocycles. The molecule has 2 aromatic heterocycles. The van der Waals surface area contributed by atoms with E-state index in [1.165, 1.54) is 6.33 Å². The highest BCUT2D eigenvalue weighted by atomic mass is 16.5. The Balaban J connectivity index is 1.69. The maximum Gasteiger partial charge on any atom is 0.289 e. The van der Waals surface area contributed by atoms with Gasteiger partial charge < -0.3 is 14.5 Å². The minimum atomic E-state index is -0.295. The van der Waals surface area contributed by atoms with Crippen LogP contribution in [0.25, 0.3) is 0 Å². The van der Waals surface area contributed by atoms with Crippen LogP contribution in [-0.2, 0) is 17.9 Å². The maximum absolute atomic E-state index is 12.5. The largest absolute Gasteiger partial charge is 0.433 e. The Hall–Kier alpha value is -2.22. The molecule has 1 N–H and O–H groups in total. The monoisotopic (exact) mass is 333 g/mol. The van der Waals surface area contributed by atoms with Crippen molar-refractivity contribution in [2.45, 2.75) is 65.3 Å². The van der Waals surface area contributed by atoms with E-state index in [0.29, 0.717) is 11.6 Å². The van der Waals surface area contributed by atoms with Crippen LogP contribution in [0.15, 0.2) is 10.7 Å². The number of ether oxygens (including phenoxy) is 1. The van der Waals surface area contributed by atoms with E-state index in [2.05, 4.69) is 20.4 Å². The molecule has 130 valence electrons. The second-order valence-corrected chi connectivity index (χ2v) is 6.93. The fourth-order valence-corrected chi connectivity index (χ4v) is 2.65. The molecule has 8 nitrogen and oxygen atoms in total. The second kappa shape index (κ2) is 6.35. The molecule has 0 bridgehead atoms. The van der Waals surface area contributed by atoms with Crippen molar-refractivity contribution in [2.75, 3.05) is 0 Å². The van der Waals surface area contributed by atoms with Gasteiger partial charge >= 0.3 is 0 Å². The van der Waals surface area contributed by atoms with Gasteiger partial charge in [-0.05, 0) is 40.5 Å². The third-order valence-corrected chi connectivity index (χ3v) is 3.80. The number of rotatable bonds is 4. The Kier molecular flexibility index (Phi) is 4.40. The number of oxazole rings is 1. The van der Waals surface area contributed by atoms with Crippen molar-refractivity contribution in [2.24, 2.45) is 0 Å². The van der Waals surface area contributed by atoms with Gasteiger partial charge in [0.25, 0.3) is 5.91 Å². The Morgan fingerprint density at radius 2 is 2.29 bits per heavy atom. The molecule has 2 aromatic rings. The summed E-state index contributed by atoms with van der Waals surface area (Å²) in [6.07, 6.45) is 3.29. The van der Waals surface area contributed by atoms with Crippen molar-refractivity contribution in [3.05, 3.63) is 29.5 Å². The van der Waals surface area contributed by atoms with Gasteiger partial charge in [0.05, 0.1) is 17.3 Å². The van der Waals surface area contributed by atoms with Gasteiger partial charge in [-0.3, -0.25) is 4.79 Å². The number of nitrogens with zero attached hydrogens (tertiary/aromatic N) is 4. The molecular weight excluding hydrogens is 310 g/mol. The summed E-state index contributed by atoms with van der Waals surface area (Å²) in [5.41, 5.74) is 0.258. The number of aromatic nitrogens is 4. The van der Waals surface area contributed by atoms with E-state index in [1.54, 1.807) is 6.92 Å². The van der Waals surface area contributed by atoms with Crippen molar-refractivity contribution in [3.8, 4) is 0 Å². The van der Waals surface area contributed by atoms with Crippen LogP contribution in [-0.4, -0.2) is 31.3 Å². The molecule has 1 aliphatic heterocycles. The van der Waals surface area contributed by atoms with Crippen LogP contribution in [0.5, 0.6) is 0 Å². The molecule has 24 heavy (non-hydrogen) atoms. The molecule has 0 spiro atoms. The van der Waals surface area contributed by atoms with Crippen LogP contribution < -0.4 is 5.32 Å². The molecular formula is C16H23N5O3. The van der Waals surface area contributed by atoms with Crippen molar-refractivity contribution < 1.29 is 13.9 Å². The van der Waals surface area contributed by atoms with Crippen molar-refractivity contribution in [1.82, 2.24) is 25.1 Å². The lowest BCUT2D eigenvalue weighted by Crippen LogP contribution is -2.33. The molecule has 0 radical (unpaired) electrons. The van der Waals surface area contributed by atoms with Gasteiger partial charge in [-0.1, -0.05) is 0 Å². The number of amides is 1. The predicted molar refractivity (Wildman–Crippen MR) is 85.2 cm³/mol. The van der Waals surface area contributed by atoms with Crippen molar-refractivity contribution in [1.29, 1.82) is 0 Å². The standard InChI is InChI=1S/C16H23N5O3/c1-10-13(24-12(19-10)8-23-16(2,3)4)15(22)20-11-6-5-7-21-14(11)17-9-18-21/h9,11H,5-8H2,1-4H3,(H,20,22)/t11-/m0/s1. The highest BCUT2D eigenvalue weighted by Gasteiger charge is 2.27. The average molecular weight is 333 g/mol. The van der Waals surface area contributed by atoms with E-state index in [4.69, 9.17) is 9.15 Å². The zero-order valence-corrected chi connectivity index (χ0v) is 14.5. The molecule has 0 fully saturated rings. The van der Waals surface area contributed by atoms with Crippen molar-refractivity contribution >= 4 is 5.91 Å². The minimum Gasteiger partial charge on any atom is -0.433 e. The molecule has 3 heterocycles. The first-order chi connectivity index (χ1) is 11.3. The van der Waals surface area contributed by atoms with E-state index in [1.807, 2.05) is 25.5 Å². The molecule has 0 aliphatic carbocycles. The van der Waals surface area contributed by atoms with Gasteiger partial charge in [0, 0.05) is 6.54 Å². The Morgan fingerprint density at radius 3 is 3.04 bits per heavy atom. The van der Waals surface area contributed by atoms with E-state index in [9.17, 15) is 4.79 Å². The van der Waals surface area contributed by atoms with E-state index >= 15 is 0 Å². The normalized spacial score (nSPS) is 17.6. The van der Waals surface area contributed by atoms with Crippen LogP contribution in [0.4, 0.5) is 0 Å². The summed E-state index contributed by atoms with van der Waals surface area (Å²) in [6, 6.07) is -0.160. The summed E-state index contributed by atoms with van der Waals surface area (Å²) >= 11 is 0. The number of aryl methyl sites for hydroxylation is 2. The lowest BCUT2D eigenvalue weighted by atomic mass is 10.1. The Labute approximate surface area is 140 Å². The SMILES string of the molecule is Cc1nc(COC(C)(C)C)oc1C(=O)N[C@H]1CCCn2ncnc21. The van der Waals surface area contributed by atoms with E-state index < -0.39 is 0 Å². The summed E-state index contributed by atoms with van der Waals surface area (Å²) in [5, 5.41) is 7.13. The topological polar surface area (TPSA) is 95.1 Å². The van der Waals surface area contributed by atoms with Crippen molar-refractivity contribution in [3.63, 3.8) is 0 Å². The summed E-state index contributed by atoms with van der Waals surface area (Å²) < 4.78 is 13.1. The first-order valence-electron chi connectivity index (χ1n) is 8.12. The number of hydrogen-bond donors (Lipinski definition) is 1. The maximum atomic E-state index is 12.5.